The number of anilines is 1. The predicted octanol–water partition coefficient (Wildman–Crippen LogP) is 4.10. The molecule has 6 heteroatoms. The summed E-state index contributed by atoms with van der Waals surface area (Å²) >= 11 is 9.24. The number of carbonyl (C=O) groups excluding carboxylic acids is 1. The van der Waals surface area contributed by atoms with Crippen molar-refractivity contribution in [2.45, 2.75) is 44.2 Å². The van der Waals surface area contributed by atoms with Crippen LogP contribution in [0.5, 0.6) is 0 Å². The van der Waals surface area contributed by atoms with Gasteiger partial charge < -0.3 is 10.6 Å². The summed E-state index contributed by atoms with van der Waals surface area (Å²) in [7, 11) is 0. The van der Waals surface area contributed by atoms with E-state index < -0.39 is 5.82 Å². The largest absolute Gasteiger partial charge is 0.322 e. The minimum absolute atomic E-state index is 0.0985. The van der Waals surface area contributed by atoms with E-state index >= 15 is 0 Å². The molecule has 0 radical (unpaired) electrons. The van der Waals surface area contributed by atoms with Crippen molar-refractivity contribution in [1.82, 2.24) is 5.32 Å². The van der Waals surface area contributed by atoms with Crippen LogP contribution in [-0.4, -0.2) is 18.0 Å². The van der Waals surface area contributed by atoms with E-state index in [2.05, 4.69) is 26.6 Å². The lowest BCUT2D eigenvalue weighted by Crippen LogP contribution is -2.40. The molecule has 0 aromatic heterocycles. The molecule has 0 spiro atoms. The van der Waals surface area contributed by atoms with Crippen LogP contribution in [0.2, 0.25) is 5.02 Å². The Labute approximate surface area is 136 Å². The number of benzene rings is 1. The van der Waals surface area contributed by atoms with Crippen LogP contribution in [0.1, 0.15) is 32.1 Å². The van der Waals surface area contributed by atoms with Crippen molar-refractivity contribution in [1.29, 1.82) is 0 Å². The average Bonchev–Trinajstić information content (AvgIpc) is 2.86. The molecule has 1 aliphatic carbocycles. The van der Waals surface area contributed by atoms with E-state index in [1.54, 1.807) is 0 Å². The van der Waals surface area contributed by atoms with E-state index in [0.29, 0.717) is 22.1 Å². The highest BCUT2D eigenvalue weighted by Gasteiger charge is 2.38. The van der Waals surface area contributed by atoms with Gasteiger partial charge in [0.1, 0.15) is 5.82 Å². The Bertz CT molecular complexity index is 532. The van der Waals surface area contributed by atoms with Crippen molar-refractivity contribution in [3.05, 3.63) is 27.4 Å². The second-order valence-electron chi connectivity index (χ2n) is 5.84. The first-order valence-electron chi connectivity index (χ1n) is 7.26. The average molecular weight is 376 g/mol. The van der Waals surface area contributed by atoms with Crippen molar-refractivity contribution in [2.75, 3.05) is 5.32 Å². The molecular formula is C15H17BrClFN2O. The molecule has 0 bridgehead atoms. The van der Waals surface area contributed by atoms with Crippen LogP contribution in [-0.2, 0) is 4.79 Å². The van der Waals surface area contributed by atoms with Gasteiger partial charge in [-0.05, 0) is 53.2 Å². The summed E-state index contributed by atoms with van der Waals surface area (Å²) in [4.78, 5) is 12.4. The van der Waals surface area contributed by atoms with Gasteiger partial charge in [-0.15, -0.1) is 0 Å². The topological polar surface area (TPSA) is 41.1 Å². The van der Waals surface area contributed by atoms with Gasteiger partial charge in [0.15, 0.2) is 0 Å². The lowest BCUT2D eigenvalue weighted by molar-refractivity contribution is -0.117. The molecule has 1 saturated heterocycles. The summed E-state index contributed by atoms with van der Waals surface area (Å²) in [5, 5.41) is 6.43. The second kappa shape index (κ2) is 6.23. The van der Waals surface area contributed by atoms with E-state index in [1.807, 2.05) is 0 Å². The van der Waals surface area contributed by atoms with Crippen LogP contribution in [0.4, 0.5) is 10.1 Å². The Morgan fingerprint density at radius 3 is 2.86 bits per heavy atom. The quantitative estimate of drug-likeness (QED) is 0.817. The maximum Gasteiger partial charge on any atom is 0.241 e. The number of halogens is 3. The van der Waals surface area contributed by atoms with Gasteiger partial charge in [0.25, 0.3) is 0 Å². The first-order valence-corrected chi connectivity index (χ1v) is 8.43. The normalized spacial score (nSPS) is 28.2. The minimum Gasteiger partial charge on any atom is -0.322 e. The molecule has 3 unspecified atom stereocenters. The molecule has 1 aromatic rings. The number of amides is 1. The summed E-state index contributed by atoms with van der Waals surface area (Å²) in [6, 6.07) is 2.76. The SMILES string of the molecule is O=C(Nc1c(Cl)cc(F)cc1Br)C1CC2CCCCC2N1. The van der Waals surface area contributed by atoms with E-state index in [4.69, 9.17) is 11.6 Å². The van der Waals surface area contributed by atoms with E-state index in [9.17, 15) is 9.18 Å². The first-order chi connectivity index (χ1) is 10.0. The maximum atomic E-state index is 13.2. The molecule has 2 fully saturated rings. The Morgan fingerprint density at radius 2 is 2.14 bits per heavy atom. The summed E-state index contributed by atoms with van der Waals surface area (Å²) in [6.45, 7) is 0. The van der Waals surface area contributed by atoms with Gasteiger partial charge in [-0.25, -0.2) is 4.39 Å². The summed E-state index contributed by atoms with van der Waals surface area (Å²) in [5.41, 5.74) is 0.430. The third-order valence-corrected chi connectivity index (χ3v) is 5.36. The van der Waals surface area contributed by atoms with Gasteiger partial charge in [0.2, 0.25) is 5.91 Å². The van der Waals surface area contributed by atoms with Crippen LogP contribution in [0.15, 0.2) is 16.6 Å². The van der Waals surface area contributed by atoms with E-state index in [0.717, 1.165) is 12.8 Å². The third-order valence-electron chi connectivity index (χ3n) is 4.43. The zero-order valence-corrected chi connectivity index (χ0v) is 13.8. The van der Waals surface area contributed by atoms with Gasteiger partial charge >= 0.3 is 0 Å². The molecular weight excluding hydrogens is 359 g/mol. The fraction of sp³-hybridized carbons (Fsp3) is 0.533. The van der Waals surface area contributed by atoms with Gasteiger partial charge in [-0.3, -0.25) is 4.79 Å². The Kier molecular flexibility index (Phi) is 4.52. The van der Waals surface area contributed by atoms with Gasteiger partial charge in [0, 0.05) is 10.5 Å². The van der Waals surface area contributed by atoms with E-state index in [-0.39, 0.29) is 17.0 Å². The maximum absolute atomic E-state index is 13.2. The first kappa shape index (κ1) is 15.3. The summed E-state index contributed by atoms with van der Waals surface area (Å²) < 4.78 is 13.7. The third kappa shape index (κ3) is 3.25. The van der Waals surface area contributed by atoms with Crippen LogP contribution in [0.25, 0.3) is 0 Å². The van der Waals surface area contributed by atoms with Crippen molar-refractivity contribution >= 4 is 39.1 Å². The van der Waals surface area contributed by atoms with E-state index in [1.165, 1.54) is 31.4 Å². The smallest absolute Gasteiger partial charge is 0.241 e. The predicted molar refractivity (Wildman–Crippen MR) is 85.0 cm³/mol. The minimum atomic E-state index is -0.435. The molecule has 1 aromatic carbocycles. The standard InChI is InChI=1S/C15H17BrClFN2O/c16-10-6-9(18)7-11(17)14(10)20-15(21)13-5-8-3-1-2-4-12(8)19-13/h6-8,12-13,19H,1-5H2,(H,20,21). The number of carbonyl (C=O) groups is 1. The Hall–Kier alpha value is -0.650. The highest BCUT2D eigenvalue weighted by Crippen LogP contribution is 2.35. The van der Waals surface area contributed by atoms with Crippen LogP contribution in [0, 0.1) is 11.7 Å². The van der Waals surface area contributed by atoms with Crippen molar-refractivity contribution in [2.24, 2.45) is 5.92 Å². The summed E-state index contributed by atoms with van der Waals surface area (Å²) in [6.07, 6.45) is 5.70. The highest BCUT2D eigenvalue weighted by molar-refractivity contribution is 9.10. The monoisotopic (exact) mass is 374 g/mol. The Balaban J connectivity index is 1.70. The fourth-order valence-corrected chi connectivity index (χ4v) is 4.29. The Morgan fingerprint density at radius 1 is 1.38 bits per heavy atom. The number of hydrogen-bond donors (Lipinski definition) is 2. The highest BCUT2D eigenvalue weighted by atomic mass is 79.9. The molecule has 1 aliphatic heterocycles. The number of rotatable bonds is 2. The number of fused-ring (bicyclic) bond motifs is 1. The molecule has 21 heavy (non-hydrogen) atoms. The number of nitrogens with one attached hydrogen (secondary N) is 2. The molecule has 2 aliphatic rings. The summed E-state index contributed by atoms with van der Waals surface area (Å²) in [5.74, 6) is 0.0649. The molecule has 2 N–H and O–H groups in total. The van der Waals surface area contributed by atoms with Gasteiger partial charge in [-0.1, -0.05) is 24.4 Å². The molecule has 3 nitrogen and oxygen atoms in total. The molecule has 3 atom stereocenters. The van der Waals surface area contributed by atoms with Crippen LogP contribution < -0.4 is 10.6 Å². The molecule has 114 valence electrons. The van der Waals surface area contributed by atoms with Crippen molar-refractivity contribution < 1.29 is 9.18 Å². The zero-order chi connectivity index (χ0) is 15.0. The lowest BCUT2D eigenvalue weighted by Gasteiger charge is -2.24. The van der Waals surface area contributed by atoms with Crippen LogP contribution >= 0.6 is 27.5 Å². The molecule has 1 heterocycles. The second-order valence-corrected chi connectivity index (χ2v) is 7.10. The lowest BCUT2D eigenvalue weighted by atomic mass is 9.85. The molecule has 1 amide bonds. The molecule has 1 saturated carbocycles. The van der Waals surface area contributed by atoms with Crippen LogP contribution in [0.3, 0.4) is 0 Å². The zero-order valence-electron chi connectivity index (χ0n) is 11.5. The fourth-order valence-electron chi connectivity index (χ4n) is 3.39. The van der Waals surface area contributed by atoms with Gasteiger partial charge in [-0.2, -0.15) is 0 Å². The van der Waals surface area contributed by atoms with Crippen molar-refractivity contribution in [3.8, 4) is 0 Å². The molecule has 3 rings (SSSR count). The van der Waals surface area contributed by atoms with Crippen molar-refractivity contribution in [3.63, 3.8) is 0 Å². The number of hydrogen-bond acceptors (Lipinski definition) is 2. The van der Waals surface area contributed by atoms with Gasteiger partial charge in [0.05, 0.1) is 16.8 Å².